The smallest absolute Gasteiger partial charge is 0.245 e. The number of nitrogens with zero attached hydrogens (tertiary/aromatic N) is 6. The van der Waals surface area contributed by atoms with Crippen LogP contribution in [0.4, 0.5) is 0 Å². The summed E-state index contributed by atoms with van der Waals surface area (Å²) in [5, 5.41) is 4.65. The molecule has 0 N–H and O–H groups in total. The lowest BCUT2D eigenvalue weighted by molar-refractivity contribution is 0.410. The van der Waals surface area contributed by atoms with Crippen LogP contribution in [0.3, 0.4) is 0 Å². The number of benzene rings is 1. The summed E-state index contributed by atoms with van der Waals surface area (Å²) in [6.45, 7) is 1.37. The molecule has 0 amide bonds. The van der Waals surface area contributed by atoms with Crippen LogP contribution in [0.15, 0.2) is 53.7 Å². The second-order valence-electron chi connectivity index (χ2n) is 6.57. The Morgan fingerprint density at radius 2 is 2.00 bits per heavy atom. The molecule has 0 spiro atoms. The number of aromatic nitrogens is 5. The lowest BCUT2D eigenvalue weighted by Gasteiger charge is -2.19. The average molecular weight is 413 g/mol. The number of sulfonamides is 1. The van der Waals surface area contributed by atoms with Crippen LogP contribution in [0.1, 0.15) is 12.1 Å². The minimum atomic E-state index is -3.70. The summed E-state index contributed by atoms with van der Waals surface area (Å²) in [5.74, 6) is 0. The van der Waals surface area contributed by atoms with Gasteiger partial charge in [-0.05, 0) is 36.8 Å². The van der Waals surface area contributed by atoms with Crippen molar-refractivity contribution in [3.05, 3.63) is 54.5 Å². The molecule has 8 nitrogen and oxygen atoms in total. The van der Waals surface area contributed by atoms with Crippen LogP contribution in [-0.2, 0) is 23.1 Å². The molecule has 0 fully saturated rings. The van der Waals surface area contributed by atoms with Crippen LogP contribution in [0, 0.1) is 0 Å². The van der Waals surface area contributed by atoms with Gasteiger partial charge in [-0.3, -0.25) is 9.67 Å². The van der Waals surface area contributed by atoms with Crippen molar-refractivity contribution in [3.63, 3.8) is 0 Å². The highest BCUT2D eigenvalue weighted by Gasteiger charge is 2.30. The third kappa shape index (κ3) is 2.89. The molecule has 0 radical (unpaired) electrons. The zero-order chi connectivity index (χ0) is 19.1. The normalized spacial score (nSPS) is 15.4. The van der Waals surface area contributed by atoms with Gasteiger partial charge in [-0.15, -0.1) is 0 Å². The lowest BCUT2D eigenvalue weighted by atomic mass is 10.2. The molecule has 0 bridgehead atoms. The fraction of sp³-hybridized carbons (Fsp3) is 0.222. The van der Waals surface area contributed by atoms with Crippen LogP contribution < -0.4 is 0 Å². The Morgan fingerprint density at radius 1 is 1.07 bits per heavy atom. The van der Waals surface area contributed by atoms with Gasteiger partial charge in [-0.1, -0.05) is 6.07 Å². The maximum absolute atomic E-state index is 13.4. The summed E-state index contributed by atoms with van der Waals surface area (Å²) in [6, 6.07) is 10.8. The minimum absolute atomic E-state index is 0.208. The van der Waals surface area contributed by atoms with Gasteiger partial charge in [-0.25, -0.2) is 8.42 Å². The Hall–Kier alpha value is -2.69. The molecular weight excluding hydrogens is 396 g/mol. The van der Waals surface area contributed by atoms with E-state index >= 15 is 0 Å². The van der Waals surface area contributed by atoms with Crippen molar-refractivity contribution in [2.45, 2.75) is 24.4 Å². The fourth-order valence-corrected chi connectivity index (χ4v) is 5.62. The number of hydrogen-bond donors (Lipinski definition) is 0. The maximum Gasteiger partial charge on any atom is 0.245 e. The van der Waals surface area contributed by atoms with Crippen LogP contribution in [0.5, 0.6) is 0 Å². The fourth-order valence-electron chi connectivity index (χ4n) is 3.42. The number of rotatable bonds is 3. The third-order valence-electron chi connectivity index (χ3n) is 4.80. The summed E-state index contributed by atoms with van der Waals surface area (Å²) < 4.78 is 38.5. The Bertz CT molecular complexity index is 1250. The zero-order valence-corrected chi connectivity index (χ0v) is 16.4. The molecule has 0 aliphatic carbocycles. The van der Waals surface area contributed by atoms with E-state index in [1.807, 2.05) is 22.9 Å². The van der Waals surface area contributed by atoms with Crippen molar-refractivity contribution in [1.82, 2.24) is 27.8 Å². The molecule has 3 aromatic heterocycles. The van der Waals surface area contributed by atoms with E-state index in [-0.39, 0.29) is 11.4 Å². The molecule has 1 aliphatic heterocycles. The summed E-state index contributed by atoms with van der Waals surface area (Å²) in [6.07, 6.45) is 4.16. The number of fused-ring (bicyclic) bond motifs is 2. The van der Waals surface area contributed by atoms with Gasteiger partial charge in [0.05, 0.1) is 29.7 Å². The molecular formula is C18H16N6O2S2. The Morgan fingerprint density at radius 3 is 2.86 bits per heavy atom. The van der Waals surface area contributed by atoms with Gasteiger partial charge >= 0.3 is 0 Å². The van der Waals surface area contributed by atoms with Gasteiger partial charge in [0.2, 0.25) is 10.0 Å². The maximum atomic E-state index is 13.4. The molecule has 142 valence electrons. The largest absolute Gasteiger partial charge is 0.268 e. The van der Waals surface area contributed by atoms with E-state index in [0.29, 0.717) is 30.5 Å². The average Bonchev–Trinajstić information content (AvgIpc) is 3.30. The van der Waals surface area contributed by atoms with Crippen LogP contribution in [-0.4, -0.2) is 42.8 Å². The van der Waals surface area contributed by atoms with Crippen molar-refractivity contribution in [1.29, 1.82) is 0 Å². The minimum Gasteiger partial charge on any atom is -0.268 e. The standard InChI is InChI=1S/C18H16N6O2S2/c25-28(26,17-6-1-5-15-18(17)22-27-21-15)23-8-3-9-24-14(12-23)10-16(20-24)13-4-2-7-19-11-13/h1-2,4-7,10-11H,3,8-9,12H2. The van der Waals surface area contributed by atoms with Crippen LogP contribution in [0.2, 0.25) is 0 Å². The van der Waals surface area contributed by atoms with Gasteiger partial charge in [0.1, 0.15) is 15.9 Å². The molecule has 0 atom stereocenters. The summed E-state index contributed by atoms with van der Waals surface area (Å²) in [7, 11) is -3.70. The van der Waals surface area contributed by atoms with Crippen molar-refractivity contribution >= 4 is 32.8 Å². The second kappa shape index (κ2) is 6.73. The van der Waals surface area contributed by atoms with E-state index < -0.39 is 10.0 Å². The first-order valence-corrected chi connectivity index (χ1v) is 11.0. The highest BCUT2D eigenvalue weighted by molar-refractivity contribution is 7.89. The predicted molar refractivity (Wildman–Crippen MR) is 105 cm³/mol. The molecule has 1 aliphatic rings. The van der Waals surface area contributed by atoms with E-state index in [0.717, 1.165) is 28.7 Å². The van der Waals surface area contributed by atoms with Crippen molar-refractivity contribution in [3.8, 4) is 11.3 Å². The molecule has 4 aromatic rings. The SMILES string of the molecule is O=S(=O)(c1cccc2nsnc12)N1CCCn2nc(-c3cccnc3)cc2C1. The predicted octanol–water partition coefficient (Wildman–Crippen LogP) is 2.54. The van der Waals surface area contributed by atoms with Gasteiger partial charge in [0.15, 0.2) is 0 Å². The van der Waals surface area contributed by atoms with Crippen LogP contribution >= 0.6 is 11.7 Å². The van der Waals surface area contributed by atoms with Crippen molar-refractivity contribution < 1.29 is 8.42 Å². The Balaban J connectivity index is 1.52. The summed E-state index contributed by atoms with van der Waals surface area (Å²) >= 11 is 1.02. The number of hydrogen-bond acceptors (Lipinski definition) is 7. The molecule has 28 heavy (non-hydrogen) atoms. The first-order chi connectivity index (χ1) is 13.6. The van der Waals surface area contributed by atoms with Crippen molar-refractivity contribution in [2.75, 3.05) is 6.54 Å². The number of pyridine rings is 1. The lowest BCUT2D eigenvalue weighted by Crippen LogP contribution is -2.31. The van der Waals surface area contributed by atoms with E-state index in [4.69, 9.17) is 0 Å². The molecule has 0 saturated carbocycles. The molecule has 1 aromatic carbocycles. The number of aryl methyl sites for hydroxylation is 1. The summed E-state index contributed by atoms with van der Waals surface area (Å²) in [5.41, 5.74) is 3.61. The topological polar surface area (TPSA) is 93.9 Å². The highest BCUT2D eigenvalue weighted by Crippen LogP contribution is 2.28. The molecule has 0 unspecified atom stereocenters. The summed E-state index contributed by atoms with van der Waals surface area (Å²) in [4.78, 5) is 4.34. The van der Waals surface area contributed by atoms with Crippen LogP contribution in [0.25, 0.3) is 22.3 Å². The first kappa shape index (κ1) is 17.4. The Kier molecular flexibility index (Phi) is 4.18. The van der Waals surface area contributed by atoms with E-state index in [9.17, 15) is 8.42 Å². The Labute approximate surface area is 165 Å². The van der Waals surface area contributed by atoms with Gasteiger partial charge < -0.3 is 0 Å². The molecule has 5 rings (SSSR count). The highest BCUT2D eigenvalue weighted by atomic mass is 32.2. The first-order valence-electron chi connectivity index (χ1n) is 8.81. The quantitative estimate of drug-likeness (QED) is 0.513. The molecule has 0 saturated heterocycles. The second-order valence-corrected chi connectivity index (χ2v) is 9.00. The molecule has 10 heteroatoms. The van der Waals surface area contributed by atoms with E-state index in [2.05, 4.69) is 18.8 Å². The van der Waals surface area contributed by atoms with Gasteiger partial charge in [0, 0.05) is 31.0 Å². The van der Waals surface area contributed by atoms with E-state index in [1.54, 1.807) is 30.6 Å². The van der Waals surface area contributed by atoms with Crippen molar-refractivity contribution in [2.24, 2.45) is 0 Å². The van der Waals surface area contributed by atoms with Gasteiger partial charge in [0.25, 0.3) is 0 Å². The van der Waals surface area contributed by atoms with E-state index in [1.165, 1.54) is 4.31 Å². The van der Waals surface area contributed by atoms with Gasteiger partial charge in [-0.2, -0.15) is 18.2 Å². The zero-order valence-electron chi connectivity index (χ0n) is 14.8. The third-order valence-corrected chi connectivity index (χ3v) is 7.22. The molecule has 4 heterocycles. The monoisotopic (exact) mass is 412 g/mol.